The van der Waals surface area contributed by atoms with E-state index in [1.807, 2.05) is 33.8 Å². The highest BCUT2D eigenvalue weighted by molar-refractivity contribution is 6.52. The Labute approximate surface area is 220 Å². The molecule has 3 aromatic carbocycles. The molecule has 0 spiro atoms. The standard InChI is InChI=1S/C29H27Cl2NO4/c1-16-6-12-20(15-22(16)31)32-25(17-7-10-19(30)11-8-17)24(27(34)28(32)35)26(33)21-14-18(29(2,3)4)9-13-23(21)36-5/h6-15,25,33H,1-5H3/b26-24+. The van der Waals surface area contributed by atoms with Crippen molar-refractivity contribution in [3.05, 3.63) is 98.5 Å². The third kappa shape index (κ3) is 4.61. The zero-order valence-corrected chi connectivity index (χ0v) is 22.2. The number of aryl methyl sites for hydroxylation is 1. The summed E-state index contributed by atoms with van der Waals surface area (Å²) in [6.45, 7) is 8.00. The number of Topliss-reactive ketones (excluding diaryl/α,β-unsaturated/α-hetero) is 1. The van der Waals surface area contributed by atoms with Gasteiger partial charge in [-0.15, -0.1) is 0 Å². The molecule has 0 aromatic heterocycles. The first-order valence-corrected chi connectivity index (χ1v) is 12.2. The van der Waals surface area contributed by atoms with Crippen molar-refractivity contribution in [1.82, 2.24) is 0 Å². The Morgan fingerprint density at radius 2 is 1.64 bits per heavy atom. The van der Waals surface area contributed by atoms with Crippen molar-refractivity contribution in [2.24, 2.45) is 0 Å². The van der Waals surface area contributed by atoms with Gasteiger partial charge >= 0.3 is 0 Å². The molecule has 3 aromatic rings. The van der Waals surface area contributed by atoms with Gasteiger partial charge in [0.15, 0.2) is 0 Å². The van der Waals surface area contributed by atoms with E-state index < -0.39 is 17.7 Å². The van der Waals surface area contributed by atoms with Gasteiger partial charge in [0.2, 0.25) is 0 Å². The van der Waals surface area contributed by atoms with Gasteiger partial charge in [-0.25, -0.2) is 0 Å². The van der Waals surface area contributed by atoms with E-state index >= 15 is 0 Å². The highest BCUT2D eigenvalue weighted by Gasteiger charge is 2.47. The number of aliphatic hydroxyl groups excluding tert-OH is 1. The van der Waals surface area contributed by atoms with Crippen LogP contribution in [0.1, 0.15) is 49.1 Å². The molecule has 1 aliphatic rings. The molecule has 36 heavy (non-hydrogen) atoms. The van der Waals surface area contributed by atoms with Crippen LogP contribution in [0.4, 0.5) is 5.69 Å². The molecule has 0 saturated carbocycles. The number of hydrogen-bond acceptors (Lipinski definition) is 4. The predicted molar refractivity (Wildman–Crippen MR) is 144 cm³/mol. The van der Waals surface area contributed by atoms with Crippen molar-refractivity contribution in [3.8, 4) is 5.75 Å². The van der Waals surface area contributed by atoms with Crippen molar-refractivity contribution < 1.29 is 19.4 Å². The molecule has 1 N–H and O–H groups in total. The third-order valence-electron chi connectivity index (χ3n) is 6.38. The molecule has 0 aliphatic carbocycles. The first kappa shape index (κ1) is 25.8. The first-order chi connectivity index (χ1) is 16.9. The van der Waals surface area contributed by atoms with Gasteiger partial charge in [-0.1, -0.05) is 68.2 Å². The number of methoxy groups -OCH3 is 1. The molecule has 4 rings (SSSR count). The molecule has 1 saturated heterocycles. The maximum Gasteiger partial charge on any atom is 0.300 e. The van der Waals surface area contributed by atoms with Crippen molar-refractivity contribution >= 4 is 46.3 Å². The highest BCUT2D eigenvalue weighted by Crippen LogP contribution is 2.44. The van der Waals surface area contributed by atoms with Crippen LogP contribution < -0.4 is 9.64 Å². The third-order valence-corrected chi connectivity index (χ3v) is 7.04. The maximum absolute atomic E-state index is 13.5. The Balaban J connectivity index is 2.00. The number of ketones is 1. The SMILES string of the molecule is COc1ccc(C(C)(C)C)cc1/C(O)=C1\C(=O)C(=O)N(c2ccc(C)c(Cl)c2)C1c1ccc(Cl)cc1. The zero-order chi connectivity index (χ0) is 26.4. The normalized spacial score (nSPS) is 17.5. The van der Waals surface area contributed by atoms with E-state index in [2.05, 4.69) is 0 Å². The van der Waals surface area contributed by atoms with E-state index in [4.69, 9.17) is 27.9 Å². The van der Waals surface area contributed by atoms with Gasteiger partial charge in [-0.2, -0.15) is 0 Å². The van der Waals surface area contributed by atoms with E-state index in [1.54, 1.807) is 54.6 Å². The summed E-state index contributed by atoms with van der Waals surface area (Å²) in [4.78, 5) is 28.3. The van der Waals surface area contributed by atoms with Gasteiger partial charge in [-0.3, -0.25) is 14.5 Å². The van der Waals surface area contributed by atoms with Gasteiger partial charge in [0.25, 0.3) is 11.7 Å². The second-order valence-electron chi connectivity index (χ2n) is 9.82. The van der Waals surface area contributed by atoms with Crippen LogP contribution in [0.2, 0.25) is 10.0 Å². The minimum atomic E-state index is -0.899. The molecule has 5 nitrogen and oxygen atoms in total. The molecule has 0 radical (unpaired) electrons. The monoisotopic (exact) mass is 523 g/mol. The molecule has 1 fully saturated rings. The van der Waals surface area contributed by atoms with Crippen LogP contribution in [0, 0.1) is 6.92 Å². The van der Waals surface area contributed by atoms with E-state index in [-0.39, 0.29) is 16.7 Å². The Hall–Kier alpha value is -3.28. The molecular weight excluding hydrogens is 497 g/mol. The lowest BCUT2D eigenvalue weighted by Crippen LogP contribution is -2.29. The van der Waals surface area contributed by atoms with Gasteiger partial charge in [0.1, 0.15) is 11.5 Å². The smallest absolute Gasteiger partial charge is 0.300 e. The molecule has 1 atom stereocenters. The average Bonchev–Trinajstić information content (AvgIpc) is 3.10. The van der Waals surface area contributed by atoms with Gasteiger partial charge in [0, 0.05) is 15.7 Å². The molecule has 7 heteroatoms. The molecule has 186 valence electrons. The van der Waals surface area contributed by atoms with Crippen LogP contribution in [0.5, 0.6) is 5.75 Å². The van der Waals surface area contributed by atoms with Crippen molar-refractivity contribution in [2.45, 2.75) is 39.2 Å². The maximum atomic E-state index is 13.5. The molecule has 0 bridgehead atoms. The number of carbonyl (C=O) groups is 2. The quantitative estimate of drug-likeness (QED) is 0.222. The number of carbonyl (C=O) groups excluding carboxylic acids is 2. The number of hydrogen-bond donors (Lipinski definition) is 1. The van der Waals surface area contributed by atoms with E-state index in [0.29, 0.717) is 32.6 Å². The summed E-state index contributed by atoms with van der Waals surface area (Å²) >= 11 is 12.5. The Kier molecular flexibility index (Phi) is 6.91. The second kappa shape index (κ2) is 9.64. The van der Waals surface area contributed by atoms with Crippen molar-refractivity contribution in [1.29, 1.82) is 0 Å². The summed E-state index contributed by atoms with van der Waals surface area (Å²) in [5.74, 6) is -1.48. The fourth-order valence-electron chi connectivity index (χ4n) is 4.30. The fraction of sp³-hybridized carbons (Fsp3) is 0.241. The molecule has 1 unspecified atom stereocenters. The number of amides is 1. The fourth-order valence-corrected chi connectivity index (χ4v) is 4.60. The number of ether oxygens (including phenoxy) is 1. The van der Waals surface area contributed by atoms with Crippen molar-refractivity contribution in [3.63, 3.8) is 0 Å². The van der Waals surface area contributed by atoms with Crippen LogP contribution in [-0.2, 0) is 15.0 Å². The van der Waals surface area contributed by atoms with E-state index in [1.165, 1.54) is 12.0 Å². The average molecular weight is 524 g/mol. The Morgan fingerprint density at radius 1 is 0.972 bits per heavy atom. The van der Waals surface area contributed by atoms with Crippen molar-refractivity contribution in [2.75, 3.05) is 12.0 Å². The summed E-state index contributed by atoms with van der Waals surface area (Å²) in [6, 6.07) is 16.6. The molecular formula is C29H27Cl2NO4. The summed E-state index contributed by atoms with van der Waals surface area (Å²) in [6.07, 6.45) is 0. The summed E-state index contributed by atoms with van der Waals surface area (Å²) < 4.78 is 5.51. The van der Waals surface area contributed by atoms with Crippen LogP contribution in [0.15, 0.2) is 66.2 Å². The lowest BCUT2D eigenvalue weighted by molar-refractivity contribution is -0.132. The minimum absolute atomic E-state index is 0.0385. The summed E-state index contributed by atoms with van der Waals surface area (Å²) in [5, 5.41) is 12.6. The summed E-state index contributed by atoms with van der Waals surface area (Å²) in [7, 11) is 1.49. The van der Waals surface area contributed by atoms with Crippen LogP contribution in [-0.4, -0.2) is 23.9 Å². The Morgan fingerprint density at radius 3 is 2.22 bits per heavy atom. The topological polar surface area (TPSA) is 66.8 Å². The number of halogens is 2. The minimum Gasteiger partial charge on any atom is -0.507 e. The number of aliphatic hydroxyl groups is 1. The number of rotatable bonds is 4. The number of benzene rings is 3. The second-order valence-corrected chi connectivity index (χ2v) is 10.7. The number of anilines is 1. The molecule has 1 amide bonds. The largest absolute Gasteiger partial charge is 0.507 e. The summed E-state index contributed by atoms with van der Waals surface area (Å²) in [5.41, 5.74) is 2.91. The van der Waals surface area contributed by atoms with Gasteiger partial charge in [-0.05, 0) is 65.4 Å². The lowest BCUT2D eigenvalue weighted by Gasteiger charge is -2.26. The zero-order valence-electron chi connectivity index (χ0n) is 20.7. The van der Waals surface area contributed by atoms with E-state index in [0.717, 1.165) is 11.1 Å². The lowest BCUT2D eigenvalue weighted by atomic mass is 9.85. The number of nitrogens with zero attached hydrogens (tertiary/aromatic N) is 1. The molecule has 1 heterocycles. The van der Waals surface area contributed by atoms with Gasteiger partial charge in [0.05, 0.1) is 24.3 Å². The highest BCUT2D eigenvalue weighted by atomic mass is 35.5. The van der Waals surface area contributed by atoms with Crippen LogP contribution >= 0.6 is 23.2 Å². The van der Waals surface area contributed by atoms with E-state index in [9.17, 15) is 14.7 Å². The predicted octanol–water partition coefficient (Wildman–Crippen LogP) is 7.23. The Bertz CT molecular complexity index is 1390. The first-order valence-electron chi connectivity index (χ1n) is 11.5. The van der Waals surface area contributed by atoms with Crippen LogP contribution in [0.3, 0.4) is 0 Å². The van der Waals surface area contributed by atoms with Crippen LogP contribution in [0.25, 0.3) is 5.76 Å². The molecule has 1 aliphatic heterocycles. The van der Waals surface area contributed by atoms with Gasteiger partial charge < -0.3 is 9.84 Å².